The van der Waals surface area contributed by atoms with E-state index in [2.05, 4.69) is 13.8 Å². The summed E-state index contributed by atoms with van der Waals surface area (Å²) in [6, 6.07) is 0. The fourth-order valence-corrected chi connectivity index (χ4v) is 2.33. The van der Waals surface area contributed by atoms with Crippen LogP contribution in [0.25, 0.3) is 0 Å². The maximum atomic E-state index is 11.8. The number of carboxylic acid groups (broad SMARTS) is 1. The molecule has 0 amide bonds. The van der Waals surface area contributed by atoms with Crippen LogP contribution in [0.5, 0.6) is 0 Å². The Kier molecular flexibility index (Phi) is 10.1. The van der Waals surface area contributed by atoms with E-state index in [1.54, 1.807) is 0 Å². The van der Waals surface area contributed by atoms with E-state index in [0.29, 0.717) is 17.4 Å². The molecule has 2 unspecified atom stereocenters. The van der Waals surface area contributed by atoms with Crippen LogP contribution in [0.2, 0.25) is 0 Å². The smallest absolute Gasteiger partial charge is 0.306 e. The second kappa shape index (κ2) is 10.6. The van der Waals surface area contributed by atoms with Crippen molar-refractivity contribution >= 4 is 11.9 Å². The van der Waals surface area contributed by atoms with Crippen LogP contribution in [0.4, 0.5) is 0 Å². The average Bonchev–Trinajstić information content (AvgIpc) is 2.34. The number of aliphatic carboxylic acids is 1. The van der Waals surface area contributed by atoms with Crippen LogP contribution in [0.15, 0.2) is 0 Å². The Hall–Kier alpha value is -1.10. The normalized spacial score (nSPS) is 14.4. The van der Waals surface area contributed by atoms with E-state index < -0.39 is 12.1 Å². The summed E-state index contributed by atoms with van der Waals surface area (Å²) in [5.41, 5.74) is 0. The monoisotopic (exact) mass is 315 g/mol. The average molecular weight is 315 g/mol. The van der Waals surface area contributed by atoms with Crippen molar-refractivity contribution in [2.75, 3.05) is 27.7 Å². The van der Waals surface area contributed by atoms with Gasteiger partial charge in [0.1, 0.15) is 6.54 Å². The number of unbranched alkanes of at least 4 members (excludes halogenated alkanes) is 2. The highest BCUT2D eigenvalue weighted by molar-refractivity contribution is 5.70. The minimum absolute atomic E-state index is 0.241. The first kappa shape index (κ1) is 20.9. The van der Waals surface area contributed by atoms with E-state index >= 15 is 0 Å². The van der Waals surface area contributed by atoms with E-state index in [1.165, 1.54) is 12.8 Å². The summed E-state index contributed by atoms with van der Waals surface area (Å²) >= 11 is 0. The zero-order chi connectivity index (χ0) is 17.2. The molecule has 0 N–H and O–H groups in total. The van der Waals surface area contributed by atoms with Crippen LogP contribution >= 0.6 is 0 Å². The van der Waals surface area contributed by atoms with Crippen molar-refractivity contribution < 1.29 is 23.9 Å². The van der Waals surface area contributed by atoms with Crippen LogP contribution in [-0.4, -0.2) is 50.2 Å². The molecule has 0 saturated carbocycles. The molecule has 0 aromatic carbocycles. The third-order valence-electron chi connectivity index (χ3n) is 3.72. The van der Waals surface area contributed by atoms with Gasteiger partial charge in [-0.05, 0) is 12.3 Å². The maximum absolute atomic E-state index is 11.8. The van der Waals surface area contributed by atoms with Crippen molar-refractivity contribution in [3.05, 3.63) is 0 Å². The molecule has 0 aliphatic rings. The van der Waals surface area contributed by atoms with Gasteiger partial charge in [-0.1, -0.05) is 39.5 Å². The Bertz CT molecular complexity index is 336. The number of esters is 1. The van der Waals surface area contributed by atoms with Gasteiger partial charge in [-0.2, -0.15) is 0 Å². The number of hydrogen-bond acceptors (Lipinski definition) is 4. The summed E-state index contributed by atoms with van der Waals surface area (Å²) in [6.07, 6.45) is 4.84. The molecule has 2 atom stereocenters. The van der Waals surface area contributed by atoms with Gasteiger partial charge in [0.25, 0.3) is 0 Å². The number of carboxylic acids is 1. The molecule has 22 heavy (non-hydrogen) atoms. The number of nitrogens with zero attached hydrogens (tertiary/aromatic N) is 1. The van der Waals surface area contributed by atoms with Crippen molar-refractivity contribution in [2.45, 2.75) is 64.9 Å². The van der Waals surface area contributed by atoms with Crippen molar-refractivity contribution in [1.29, 1.82) is 0 Å². The lowest BCUT2D eigenvalue weighted by Crippen LogP contribution is -2.45. The lowest BCUT2D eigenvalue weighted by molar-refractivity contribution is -0.873. The lowest BCUT2D eigenvalue weighted by atomic mass is 10.0. The van der Waals surface area contributed by atoms with Crippen LogP contribution in [0, 0.1) is 5.92 Å². The molecular weight excluding hydrogens is 282 g/mol. The quantitative estimate of drug-likeness (QED) is 0.312. The van der Waals surface area contributed by atoms with Gasteiger partial charge in [-0.15, -0.1) is 0 Å². The van der Waals surface area contributed by atoms with E-state index in [9.17, 15) is 14.7 Å². The summed E-state index contributed by atoms with van der Waals surface area (Å²) in [7, 11) is 5.81. The fraction of sp³-hybridized carbons (Fsp3) is 0.882. The molecule has 0 aromatic heterocycles. The van der Waals surface area contributed by atoms with Crippen LogP contribution < -0.4 is 5.11 Å². The van der Waals surface area contributed by atoms with E-state index in [4.69, 9.17) is 4.74 Å². The molecule has 0 aliphatic heterocycles. The molecule has 130 valence electrons. The number of likely N-dealkylation sites (N-methyl/N-ethyl adjacent to an activating group) is 1. The lowest BCUT2D eigenvalue weighted by Gasteiger charge is -2.29. The van der Waals surface area contributed by atoms with Gasteiger partial charge in [0.2, 0.25) is 0 Å². The summed E-state index contributed by atoms with van der Waals surface area (Å²) in [6.45, 7) is 4.89. The van der Waals surface area contributed by atoms with Crippen molar-refractivity contribution in [3.8, 4) is 0 Å². The minimum Gasteiger partial charge on any atom is -0.550 e. The highest BCUT2D eigenvalue weighted by Gasteiger charge is 2.22. The third-order valence-corrected chi connectivity index (χ3v) is 3.72. The number of hydrogen-bond donors (Lipinski definition) is 0. The Balaban J connectivity index is 4.04. The molecule has 0 rings (SSSR count). The van der Waals surface area contributed by atoms with Gasteiger partial charge in [-0.25, -0.2) is 0 Å². The number of carbonyl (C=O) groups excluding carboxylic acids is 2. The van der Waals surface area contributed by atoms with Crippen LogP contribution in [0.1, 0.15) is 58.8 Å². The van der Waals surface area contributed by atoms with Gasteiger partial charge in [0, 0.05) is 18.8 Å². The molecule has 5 heteroatoms. The summed E-state index contributed by atoms with van der Waals surface area (Å²) < 4.78 is 5.85. The van der Waals surface area contributed by atoms with Crippen molar-refractivity contribution in [3.63, 3.8) is 0 Å². The predicted octanol–water partition coefficient (Wildman–Crippen LogP) is 1.74. The molecule has 0 bridgehead atoms. The first-order chi connectivity index (χ1) is 10.1. The third kappa shape index (κ3) is 12.6. The van der Waals surface area contributed by atoms with E-state index in [1.807, 2.05) is 21.1 Å². The zero-order valence-corrected chi connectivity index (χ0v) is 14.9. The molecule has 0 spiro atoms. The first-order valence-electron chi connectivity index (χ1n) is 8.33. The van der Waals surface area contributed by atoms with E-state index in [0.717, 1.165) is 25.2 Å². The highest BCUT2D eigenvalue weighted by atomic mass is 16.5. The summed E-state index contributed by atoms with van der Waals surface area (Å²) in [4.78, 5) is 22.6. The molecule has 0 aliphatic carbocycles. The zero-order valence-electron chi connectivity index (χ0n) is 14.9. The predicted molar refractivity (Wildman–Crippen MR) is 84.9 cm³/mol. The second-order valence-corrected chi connectivity index (χ2v) is 7.27. The Morgan fingerprint density at radius 3 is 2.27 bits per heavy atom. The minimum atomic E-state index is -1.18. The van der Waals surface area contributed by atoms with Crippen molar-refractivity contribution in [1.82, 2.24) is 0 Å². The molecule has 0 radical (unpaired) electrons. The number of carbonyl (C=O) groups is 2. The summed E-state index contributed by atoms with van der Waals surface area (Å²) in [5.74, 6) is -0.744. The van der Waals surface area contributed by atoms with Gasteiger partial charge in [0.15, 0.2) is 6.10 Å². The van der Waals surface area contributed by atoms with Gasteiger partial charge < -0.3 is 19.1 Å². The number of quaternary nitrogens is 1. The Labute approximate surface area is 135 Å². The maximum Gasteiger partial charge on any atom is 0.306 e. The second-order valence-electron chi connectivity index (χ2n) is 7.27. The molecule has 5 nitrogen and oxygen atoms in total. The number of rotatable bonds is 12. The SMILES string of the molecule is CCC(C)CCCCCC(=O)OC(CC(=O)[O-])C[N+](C)(C)C. The Morgan fingerprint density at radius 2 is 1.77 bits per heavy atom. The van der Waals surface area contributed by atoms with Gasteiger partial charge in [0.05, 0.1) is 21.1 Å². The van der Waals surface area contributed by atoms with Crippen LogP contribution in [-0.2, 0) is 14.3 Å². The molecule has 0 aromatic rings. The van der Waals surface area contributed by atoms with Gasteiger partial charge >= 0.3 is 5.97 Å². The van der Waals surface area contributed by atoms with Crippen molar-refractivity contribution in [2.24, 2.45) is 5.92 Å². The topological polar surface area (TPSA) is 66.4 Å². The fourth-order valence-electron chi connectivity index (χ4n) is 2.33. The molecular formula is C17H33NO4. The van der Waals surface area contributed by atoms with Crippen LogP contribution in [0.3, 0.4) is 0 Å². The largest absolute Gasteiger partial charge is 0.550 e. The standard InChI is InChI=1S/C17H33NO4/c1-6-14(2)10-8-7-9-11-17(21)22-15(12-16(19)20)13-18(3,4)5/h14-15H,6-13H2,1-5H3. The molecule has 0 saturated heterocycles. The number of ether oxygens (including phenoxy) is 1. The molecule has 0 heterocycles. The Morgan fingerprint density at radius 1 is 1.14 bits per heavy atom. The molecule has 0 fully saturated rings. The summed E-state index contributed by atoms with van der Waals surface area (Å²) in [5, 5.41) is 10.8. The highest BCUT2D eigenvalue weighted by Crippen LogP contribution is 2.14. The van der Waals surface area contributed by atoms with E-state index in [-0.39, 0.29) is 12.4 Å². The van der Waals surface area contributed by atoms with Gasteiger partial charge in [-0.3, -0.25) is 4.79 Å². The first-order valence-corrected chi connectivity index (χ1v) is 8.33.